The zero-order chi connectivity index (χ0) is 11.6. The SMILES string of the molecule is Cc1[nH]c(=O)c(C(=O)CBr)cc1C(=O)O. The van der Waals surface area contributed by atoms with Crippen molar-refractivity contribution >= 4 is 27.7 Å². The normalized spacial score (nSPS) is 10.0. The van der Waals surface area contributed by atoms with Crippen LogP contribution in [0.3, 0.4) is 0 Å². The van der Waals surface area contributed by atoms with Gasteiger partial charge in [-0.05, 0) is 13.0 Å². The second kappa shape index (κ2) is 4.39. The first-order chi connectivity index (χ1) is 6.97. The molecule has 0 spiro atoms. The number of alkyl halides is 1. The van der Waals surface area contributed by atoms with Gasteiger partial charge in [-0.2, -0.15) is 0 Å². The van der Waals surface area contributed by atoms with Gasteiger partial charge in [0.1, 0.15) is 0 Å². The van der Waals surface area contributed by atoms with E-state index in [0.717, 1.165) is 6.07 Å². The lowest BCUT2D eigenvalue weighted by Crippen LogP contribution is -2.21. The largest absolute Gasteiger partial charge is 0.478 e. The van der Waals surface area contributed by atoms with Gasteiger partial charge in [0.2, 0.25) is 0 Å². The maximum Gasteiger partial charge on any atom is 0.337 e. The fourth-order valence-corrected chi connectivity index (χ4v) is 1.43. The molecule has 0 atom stereocenters. The number of aryl methyl sites for hydroxylation is 1. The summed E-state index contributed by atoms with van der Waals surface area (Å²) in [6.45, 7) is 1.47. The number of Topliss-reactive ketones (excluding diaryl/α,β-unsaturated/α-hetero) is 1. The van der Waals surface area contributed by atoms with Crippen LogP contribution >= 0.6 is 15.9 Å². The second-order valence-electron chi connectivity index (χ2n) is 2.91. The van der Waals surface area contributed by atoms with E-state index < -0.39 is 17.3 Å². The van der Waals surface area contributed by atoms with E-state index in [0.29, 0.717) is 0 Å². The molecule has 0 fully saturated rings. The number of carboxylic acid groups (broad SMARTS) is 1. The number of hydrogen-bond acceptors (Lipinski definition) is 3. The topological polar surface area (TPSA) is 87.2 Å². The van der Waals surface area contributed by atoms with Crippen LogP contribution < -0.4 is 5.56 Å². The minimum absolute atomic E-state index is 0.0157. The number of ketones is 1. The van der Waals surface area contributed by atoms with Crippen molar-refractivity contribution in [2.75, 3.05) is 5.33 Å². The average molecular weight is 274 g/mol. The molecule has 0 aliphatic heterocycles. The number of H-pyrrole nitrogens is 1. The summed E-state index contributed by atoms with van der Waals surface area (Å²) in [7, 11) is 0. The van der Waals surface area contributed by atoms with Gasteiger partial charge in [-0.1, -0.05) is 15.9 Å². The van der Waals surface area contributed by atoms with Gasteiger partial charge in [0, 0.05) is 5.69 Å². The molecular weight excluding hydrogens is 266 g/mol. The highest BCUT2D eigenvalue weighted by Crippen LogP contribution is 2.06. The predicted molar refractivity (Wildman–Crippen MR) is 56.9 cm³/mol. The van der Waals surface area contributed by atoms with E-state index in [1.54, 1.807) is 0 Å². The predicted octanol–water partition coefficient (Wildman–Crippen LogP) is 0.959. The Hall–Kier alpha value is -1.43. The second-order valence-corrected chi connectivity index (χ2v) is 3.47. The third kappa shape index (κ3) is 2.33. The lowest BCUT2D eigenvalue weighted by Gasteiger charge is -2.02. The number of aromatic carboxylic acids is 1. The van der Waals surface area contributed by atoms with Gasteiger partial charge in [0.15, 0.2) is 5.78 Å². The van der Waals surface area contributed by atoms with Gasteiger partial charge in [-0.25, -0.2) is 4.79 Å². The molecule has 0 aliphatic rings. The number of nitrogens with one attached hydrogen (secondary N) is 1. The summed E-state index contributed by atoms with van der Waals surface area (Å²) >= 11 is 2.92. The summed E-state index contributed by atoms with van der Waals surface area (Å²) < 4.78 is 0. The Morgan fingerprint density at radius 2 is 2.07 bits per heavy atom. The first-order valence-corrected chi connectivity index (χ1v) is 5.16. The maximum absolute atomic E-state index is 11.3. The van der Waals surface area contributed by atoms with Gasteiger partial charge in [0.25, 0.3) is 5.56 Å². The zero-order valence-corrected chi connectivity index (χ0v) is 9.42. The number of rotatable bonds is 3. The van der Waals surface area contributed by atoms with Crippen molar-refractivity contribution < 1.29 is 14.7 Å². The van der Waals surface area contributed by atoms with E-state index in [2.05, 4.69) is 20.9 Å². The lowest BCUT2D eigenvalue weighted by molar-refractivity contribution is 0.0695. The van der Waals surface area contributed by atoms with Gasteiger partial charge < -0.3 is 10.1 Å². The molecule has 1 heterocycles. The van der Waals surface area contributed by atoms with Crippen LogP contribution in [0.2, 0.25) is 0 Å². The standard InChI is InChI=1S/C9H8BrNO4/c1-4-5(9(14)15)2-6(7(12)3-10)8(13)11-4/h2H,3H2,1H3,(H,11,13)(H,14,15). The number of carbonyl (C=O) groups is 2. The molecule has 0 saturated carbocycles. The van der Waals surface area contributed by atoms with Crippen LogP contribution in [-0.4, -0.2) is 27.2 Å². The third-order valence-corrected chi connectivity index (χ3v) is 2.40. The van der Waals surface area contributed by atoms with Crippen LogP contribution in [0.4, 0.5) is 0 Å². The van der Waals surface area contributed by atoms with Crippen LogP contribution in [-0.2, 0) is 0 Å². The van der Waals surface area contributed by atoms with Gasteiger partial charge in [-0.15, -0.1) is 0 Å². The van der Waals surface area contributed by atoms with Crippen molar-refractivity contribution in [3.63, 3.8) is 0 Å². The number of carboxylic acids is 1. The first kappa shape index (κ1) is 11.6. The Bertz CT molecular complexity index is 477. The van der Waals surface area contributed by atoms with Crippen LogP contribution in [0, 0.1) is 6.92 Å². The molecule has 0 unspecified atom stereocenters. The molecule has 1 aromatic heterocycles. The molecule has 2 N–H and O–H groups in total. The average Bonchev–Trinajstić information content (AvgIpc) is 2.16. The van der Waals surface area contributed by atoms with Crippen molar-refractivity contribution in [1.82, 2.24) is 4.98 Å². The van der Waals surface area contributed by atoms with E-state index in [4.69, 9.17) is 5.11 Å². The summed E-state index contributed by atoms with van der Waals surface area (Å²) in [6, 6.07) is 1.10. The molecule has 6 heteroatoms. The number of pyridine rings is 1. The van der Waals surface area contributed by atoms with Crippen molar-refractivity contribution in [1.29, 1.82) is 0 Å². The molecule has 1 aromatic rings. The monoisotopic (exact) mass is 273 g/mol. The van der Waals surface area contributed by atoms with Crippen molar-refractivity contribution in [2.24, 2.45) is 0 Å². The van der Waals surface area contributed by atoms with Crippen LogP contribution in [0.1, 0.15) is 26.4 Å². The molecule has 0 amide bonds. The highest BCUT2D eigenvalue weighted by Gasteiger charge is 2.15. The summed E-state index contributed by atoms with van der Waals surface area (Å²) in [6.07, 6.45) is 0. The molecule has 0 aliphatic carbocycles. The smallest absolute Gasteiger partial charge is 0.337 e. The summed E-state index contributed by atoms with van der Waals surface area (Å²) in [5.41, 5.74) is -0.547. The molecule has 0 saturated heterocycles. The van der Waals surface area contributed by atoms with E-state index in [1.165, 1.54) is 6.92 Å². The Morgan fingerprint density at radius 1 is 1.47 bits per heavy atom. The Morgan fingerprint density at radius 3 is 2.53 bits per heavy atom. The fourth-order valence-electron chi connectivity index (χ4n) is 1.12. The number of aromatic nitrogens is 1. The first-order valence-electron chi connectivity index (χ1n) is 4.03. The van der Waals surface area contributed by atoms with Crippen molar-refractivity contribution in [2.45, 2.75) is 6.92 Å². The Balaban J connectivity index is 3.43. The molecule has 15 heavy (non-hydrogen) atoms. The minimum atomic E-state index is -1.17. The van der Waals surface area contributed by atoms with Crippen LogP contribution in [0.15, 0.2) is 10.9 Å². The summed E-state index contributed by atoms with van der Waals surface area (Å²) in [5.74, 6) is -1.62. The Kier molecular flexibility index (Phi) is 3.41. The maximum atomic E-state index is 11.3. The molecule has 5 nitrogen and oxygen atoms in total. The lowest BCUT2D eigenvalue weighted by atomic mass is 10.1. The number of halogens is 1. The highest BCUT2D eigenvalue weighted by molar-refractivity contribution is 9.09. The molecular formula is C9H8BrNO4. The van der Waals surface area contributed by atoms with Crippen LogP contribution in [0.25, 0.3) is 0 Å². The van der Waals surface area contributed by atoms with Crippen molar-refractivity contribution in [3.05, 3.63) is 33.2 Å². The Labute approximate surface area is 93.3 Å². The molecule has 80 valence electrons. The number of aromatic amines is 1. The molecule has 0 bridgehead atoms. The van der Waals surface area contributed by atoms with Gasteiger partial charge in [0.05, 0.1) is 16.5 Å². The quantitative estimate of drug-likeness (QED) is 0.634. The molecule has 0 aromatic carbocycles. The van der Waals surface area contributed by atoms with Crippen LogP contribution in [0.5, 0.6) is 0 Å². The van der Waals surface area contributed by atoms with E-state index in [-0.39, 0.29) is 22.2 Å². The highest BCUT2D eigenvalue weighted by atomic mass is 79.9. The van der Waals surface area contributed by atoms with E-state index >= 15 is 0 Å². The zero-order valence-electron chi connectivity index (χ0n) is 7.83. The number of hydrogen-bond donors (Lipinski definition) is 2. The summed E-state index contributed by atoms with van der Waals surface area (Å²) in [5, 5.41) is 8.77. The minimum Gasteiger partial charge on any atom is -0.478 e. The number of carbonyl (C=O) groups excluding carboxylic acids is 1. The fraction of sp³-hybridized carbons (Fsp3) is 0.222. The van der Waals surface area contributed by atoms with Gasteiger partial charge in [-0.3, -0.25) is 9.59 Å². The van der Waals surface area contributed by atoms with E-state index in [1.807, 2.05) is 0 Å². The summed E-state index contributed by atoms with van der Waals surface area (Å²) in [4.78, 5) is 35.7. The third-order valence-electron chi connectivity index (χ3n) is 1.89. The molecule has 1 rings (SSSR count). The van der Waals surface area contributed by atoms with E-state index in [9.17, 15) is 14.4 Å². The van der Waals surface area contributed by atoms with Gasteiger partial charge >= 0.3 is 5.97 Å². The van der Waals surface area contributed by atoms with Crippen molar-refractivity contribution in [3.8, 4) is 0 Å². The molecule has 0 radical (unpaired) electrons.